The number of furan rings is 2. The van der Waals surface area contributed by atoms with Crippen molar-refractivity contribution in [3.05, 3.63) is 72.6 Å². The molecule has 154 valence electrons. The molecule has 6 heteroatoms. The van der Waals surface area contributed by atoms with E-state index in [0.717, 1.165) is 29.4 Å². The quantitative estimate of drug-likeness (QED) is 0.537. The van der Waals surface area contributed by atoms with Gasteiger partial charge < -0.3 is 19.1 Å². The molecule has 2 aromatic heterocycles. The van der Waals surface area contributed by atoms with Gasteiger partial charge in [0.1, 0.15) is 11.5 Å². The van der Waals surface area contributed by atoms with Crippen LogP contribution < -0.4 is 10.2 Å². The van der Waals surface area contributed by atoms with Crippen molar-refractivity contribution < 1.29 is 13.6 Å². The van der Waals surface area contributed by atoms with E-state index in [1.165, 1.54) is 0 Å². The average Bonchev–Trinajstić information content (AvgIpc) is 3.37. The Bertz CT molecular complexity index is 819. The predicted octanol–water partition coefficient (Wildman–Crippen LogP) is 4.75. The fourth-order valence-corrected chi connectivity index (χ4v) is 3.40. The summed E-state index contributed by atoms with van der Waals surface area (Å²) in [5, 5.41) is 2.98. The van der Waals surface area contributed by atoms with Gasteiger partial charge in [-0.05, 0) is 69.3 Å². The second kappa shape index (κ2) is 9.98. The molecule has 0 radical (unpaired) electrons. The van der Waals surface area contributed by atoms with Crippen LogP contribution in [0.5, 0.6) is 0 Å². The minimum atomic E-state index is -0.0768. The third-order valence-corrected chi connectivity index (χ3v) is 4.73. The number of hydrogen-bond acceptors (Lipinski definition) is 5. The van der Waals surface area contributed by atoms with Crippen LogP contribution in [-0.4, -0.2) is 29.9 Å². The minimum absolute atomic E-state index is 0.0768. The largest absolute Gasteiger partial charge is 0.468 e. The molecule has 6 nitrogen and oxygen atoms in total. The lowest BCUT2D eigenvalue weighted by atomic mass is 10.2. The summed E-state index contributed by atoms with van der Waals surface area (Å²) in [5.41, 5.74) is 1.94. The van der Waals surface area contributed by atoms with E-state index in [0.29, 0.717) is 19.1 Å². The topological polar surface area (TPSA) is 61.9 Å². The Balaban J connectivity index is 1.61. The van der Waals surface area contributed by atoms with E-state index in [1.807, 2.05) is 53.4 Å². The number of benzene rings is 1. The molecule has 0 fully saturated rings. The Morgan fingerprint density at radius 1 is 0.966 bits per heavy atom. The van der Waals surface area contributed by atoms with E-state index in [9.17, 15) is 4.79 Å². The monoisotopic (exact) mass is 395 g/mol. The van der Waals surface area contributed by atoms with Gasteiger partial charge in [-0.3, -0.25) is 9.69 Å². The zero-order valence-corrected chi connectivity index (χ0v) is 17.3. The molecular weight excluding hydrogens is 366 g/mol. The van der Waals surface area contributed by atoms with Crippen molar-refractivity contribution in [3.8, 4) is 0 Å². The van der Waals surface area contributed by atoms with Crippen LogP contribution in [0.25, 0.3) is 0 Å². The van der Waals surface area contributed by atoms with Crippen LogP contribution in [0.15, 0.2) is 69.9 Å². The first-order valence-corrected chi connectivity index (χ1v) is 9.99. The summed E-state index contributed by atoms with van der Waals surface area (Å²) in [6, 6.07) is 15.9. The van der Waals surface area contributed by atoms with Crippen LogP contribution in [0.1, 0.15) is 32.3 Å². The summed E-state index contributed by atoms with van der Waals surface area (Å²) in [6.07, 6.45) is 3.28. The first-order valence-electron chi connectivity index (χ1n) is 9.99. The van der Waals surface area contributed by atoms with Crippen molar-refractivity contribution in [2.24, 2.45) is 0 Å². The third-order valence-electron chi connectivity index (χ3n) is 4.73. The van der Waals surface area contributed by atoms with Gasteiger partial charge >= 0.3 is 0 Å². The van der Waals surface area contributed by atoms with Gasteiger partial charge in [-0.25, -0.2) is 0 Å². The van der Waals surface area contributed by atoms with Gasteiger partial charge in [0.15, 0.2) is 0 Å². The van der Waals surface area contributed by atoms with E-state index < -0.39 is 0 Å². The molecule has 29 heavy (non-hydrogen) atoms. The maximum Gasteiger partial charge on any atom is 0.238 e. The highest BCUT2D eigenvalue weighted by Crippen LogP contribution is 2.20. The smallest absolute Gasteiger partial charge is 0.238 e. The van der Waals surface area contributed by atoms with Crippen molar-refractivity contribution in [2.75, 3.05) is 23.3 Å². The van der Waals surface area contributed by atoms with Crippen molar-refractivity contribution in [1.82, 2.24) is 4.90 Å². The van der Waals surface area contributed by atoms with Crippen LogP contribution in [0.2, 0.25) is 0 Å². The number of nitrogens with zero attached hydrogens (tertiary/aromatic N) is 2. The number of rotatable bonds is 10. The maximum atomic E-state index is 12.6. The standard InChI is InChI=1S/C23H29N3O3/c1-4-26(18(2)3)20-11-9-19(10-12-20)24-23(27)17-25(15-21-7-5-13-28-21)16-22-8-6-14-29-22/h5-14,18H,4,15-17H2,1-3H3,(H,24,27). The molecule has 0 bridgehead atoms. The Morgan fingerprint density at radius 2 is 1.55 bits per heavy atom. The molecule has 0 aliphatic rings. The number of carbonyl (C=O) groups is 1. The summed E-state index contributed by atoms with van der Waals surface area (Å²) in [5.74, 6) is 1.54. The van der Waals surface area contributed by atoms with E-state index in [-0.39, 0.29) is 12.5 Å². The van der Waals surface area contributed by atoms with E-state index in [4.69, 9.17) is 8.83 Å². The van der Waals surface area contributed by atoms with Crippen LogP contribution >= 0.6 is 0 Å². The lowest BCUT2D eigenvalue weighted by molar-refractivity contribution is -0.117. The fourth-order valence-electron chi connectivity index (χ4n) is 3.40. The van der Waals surface area contributed by atoms with Crippen molar-refractivity contribution in [2.45, 2.75) is 39.9 Å². The molecule has 0 unspecified atom stereocenters. The lowest BCUT2D eigenvalue weighted by Crippen LogP contribution is -2.32. The summed E-state index contributed by atoms with van der Waals surface area (Å²) >= 11 is 0. The number of amides is 1. The fraction of sp³-hybridized carbons (Fsp3) is 0.348. The van der Waals surface area contributed by atoms with E-state index in [2.05, 4.69) is 31.0 Å². The van der Waals surface area contributed by atoms with Crippen LogP contribution in [0.4, 0.5) is 11.4 Å². The molecule has 0 saturated heterocycles. The Labute approximate surface area is 172 Å². The summed E-state index contributed by atoms with van der Waals surface area (Å²) in [7, 11) is 0. The van der Waals surface area contributed by atoms with E-state index >= 15 is 0 Å². The Kier molecular flexibility index (Phi) is 7.14. The molecule has 0 aliphatic heterocycles. The zero-order valence-electron chi connectivity index (χ0n) is 17.3. The highest BCUT2D eigenvalue weighted by atomic mass is 16.3. The van der Waals surface area contributed by atoms with Crippen molar-refractivity contribution in [1.29, 1.82) is 0 Å². The average molecular weight is 396 g/mol. The predicted molar refractivity (Wildman–Crippen MR) is 115 cm³/mol. The van der Waals surface area contributed by atoms with Gasteiger partial charge in [0.05, 0.1) is 32.2 Å². The molecule has 2 heterocycles. The van der Waals surface area contributed by atoms with Crippen LogP contribution in [0.3, 0.4) is 0 Å². The molecule has 1 N–H and O–H groups in total. The first kappa shape index (κ1) is 20.7. The van der Waals surface area contributed by atoms with Crippen LogP contribution in [0, 0.1) is 0 Å². The number of hydrogen-bond donors (Lipinski definition) is 1. The zero-order chi connectivity index (χ0) is 20.6. The summed E-state index contributed by atoms with van der Waals surface area (Å²) in [4.78, 5) is 16.9. The number of anilines is 2. The lowest BCUT2D eigenvalue weighted by Gasteiger charge is -2.27. The van der Waals surface area contributed by atoms with Crippen molar-refractivity contribution >= 4 is 17.3 Å². The maximum absolute atomic E-state index is 12.6. The highest BCUT2D eigenvalue weighted by Gasteiger charge is 2.15. The van der Waals surface area contributed by atoms with Gasteiger partial charge in [0, 0.05) is 24.0 Å². The van der Waals surface area contributed by atoms with Gasteiger partial charge in [-0.2, -0.15) is 0 Å². The second-order valence-corrected chi connectivity index (χ2v) is 7.28. The molecule has 1 aromatic carbocycles. The second-order valence-electron chi connectivity index (χ2n) is 7.28. The Hall–Kier alpha value is -2.99. The normalized spacial score (nSPS) is 11.2. The van der Waals surface area contributed by atoms with Gasteiger partial charge in [0.2, 0.25) is 5.91 Å². The van der Waals surface area contributed by atoms with Gasteiger partial charge in [0.25, 0.3) is 0 Å². The van der Waals surface area contributed by atoms with Gasteiger partial charge in [-0.15, -0.1) is 0 Å². The van der Waals surface area contributed by atoms with Crippen molar-refractivity contribution in [3.63, 3.8) is 0 Å². The number of nitrogens with one attached hydrogen (secondary N) is 1. The molecule has 3 aromatic rings. The summed E-state index contributed by atoms with van der Waals surface area (Å²) in [6.45, 7) is 8.72. The number of carbonyl (C=O) groups excluding carboxylic acids is 1. The molecule has 0 aliphatic carbocycles. The third kappa shape index (κ3) is 5.99. The van der Waals surface area contributed by atoms with Gasteiger partial charge in [-0.1, -0.05) is 0 Å². The molecule has 0 saturated carbocycles. The molecule has 1 amide bonds. The molecule has 0 atom stereocenters. The van der Waals surface area contributed by atoms with E-state index in [1.54, 1.807) is 12.5 Å². The minimum Gasteiger partial charge on any atom is -0.468 e. The molecule has 0 spiro atoms. The molecule has 3 rings (SSSR count). The first-order chi connectivity index (χ1) is 14.0. The molecular formula is C23H29N3O3. The highest BCUT2D eigenvalue weighted by molar-refractivity contribution is 5.92. The summed E-state index contributed by atoms with van der Waals surface area (Å²) < 4.78 is 10.9. The van der Waals surface area contributed by atoms with Crippen LogP contribution in [-0.2, 0) is 17.9 Å². The SMILES string of the molecule is CCN(c1ccc(NC(=O)CN(Cc2ccco2)Cc2ccco2)cc1)C(C)C. The Morgan fingerprint density at radius 3 is 2.00 bits per heavy atom.